The van der Waals surface area contributed by atoms with Crippen LogP contribution in [0.2, 0.25) is 0 Å². The topological polar surface area (TPSA) is 61.8 Å². The summed E-state index contributed by atoms with van der Waals surface area (Å²) in [5.74, 6) is -1.40. The summed E-state index contributed by atoms with van der Waals surface area (Å²) in [4.78, 5) is 23.6. The van der Waals surface area contributed by atoms with Crippen molar-refractivity contribution in [3.63, 3.8) is 0 Å². The Hall–Kier alpha value is -2.89. The first kappa shape index (κ1) is 16.5. The molecule has 0 amide bonds. The van der Waals surface area contributed by atoms with Crippen molar-refractivity contribution in [2.24, 2.45) is 0 Å². The van der Waals surface area contributed by atoms with Gasteiger partial charge in [0.1, 0.15) is 5.82 Å². The van der Waals surface area contributed by atoms with Crippen LogP contribution in [0.25, 0.3) is 0 Å². The molecular weight excluding hydrogens is 303 g/mol. The number of rotatable bonds is 5. The highest BCUT2D eigenvalue weighted by molar-refractivity contribution is 5.94. The first-order valence-electron chi connectivity index (χ1n) is 6.88. The van der Waals surface area contributed by atoms with Gasteiger partial charge >= 0.3 is 11.9 Å². The van der Waals surface area contributed by atoms with E-state index in [0.717, 1.165) is 12.1 Å². The van der Waals surface area contributed by atoms with Gasteiger partial charge in [-0.1, -0.05) is 0 Å². The van der Waals surface area contributed by atoms with Gasteiger partial charge in [0, 0.05) is 6.07 Å². The van der Waals surface area contributed by atoms with Gasteiger partial charge in [0.25, 0.3) is 0 Å². The molecule has 0 aliphatic rings. The Labute approximate surface area is 132 Å². The van der Waals surface area contributed by atoms with Crippen LogP contribution in [0.4, 0.5) is 4.39 Å². The van der Waals surface area contributed by atoms with Crippen LogP contribution in [0.3, 0.4) is 0 Å². The van der Waals surface area contributed by atoms with E-state index in [0.29, 0.717) is 5.56 Å². The zero-order valence-electron chi connectivity index (χ0n) is 12.7. The lowest BCUT2D eigenvalue weighted by Gasteiger charge is -2.09. The van der Waals surface area contributed by atoms with Gasteiger partial charge in [-0.3, -0.25) is 0 Å². The molecule has 0 saturated carbocycles. The quantitative estimate of drug-likeness (QED) is 0.625. The molecule has 6 heteroatoms. The number of halogens is 1. The van der Waals surface area contributed by atoms with Gasteiger partial charge in [0.05, 0.1) is 24.8 Å². The molecule has 120 valence electrons. The number of ether oxygens (including phenoxy) is 3. The molecule has 0 aliphatic heterocycles. The number of hydrogen-bond donors (Lipinski definition) is 0. The molecule has 0 saturated heterocycles. The van der Waals surface area contributed by atoms with Crippen LogP contribution in [-0.2, 0) is 4.74 Å². The standard InChI is InChI=1S/C17H15FO5/c1-3-22-16(19)11-4-6-12(7-5-11)17(20)23-14-9-8-13(18)10-15(14)21-2/h4-10H,3H2,1-2H3. The summed E-state index contributed by atoms with van der Waals surface area (Å²) in [6.07, 6.45) is 0. The third-order valence-electron chi connectivity index (χ3n) is 2.96. The molecule has 2 aromatic rings. The lowest BCUT2D eigenvalue weighted by atomic mass is 10.1. The summed E-state index contributed by atoms with van der Waals surface area (Å²) in [7, 11) is 1.35. The van der Waals surface area contributed by atoms with Gasteiger partial charge in [-0.05, 0) is 43.3 Å². The second-order valence-electron chi connectivity index (χ2n) is 4.48. The van der Waals surface area contributed by atoms with Crippen molar-refractivity contribution < 1.29 is 28.2 Å². The molecular formula is C17H15FO5. The third-order valence-corrected chi connectivity index (χ3v) is 2.96. The molecule has 2 aromatic carbocycles. The van der Waals surface area contributed by atoms with Crippen molar-refractivity contribution in [1.29, 1.82) is 0 Å². The van der Waals surface area contributed by atoms with Crippen molar-refractivity contribution in [3.05, 3.63) is 59.4 Å². The largest absolute Gasteiger partial charge is 0.493 e. The Kier molecular flexibility index (Phi) is 5.30. The van der Waals surface area contributed by atoms with E-state index in [1.807, 2.05) is 0 Å². The van der Waals surface area contributed by atoms with E-state index in [9.17, 15) is 14.0 Å². The third kappa shape index (κ3) is 4.06. The Balaban J connectivity index is 2.13. The van der Waals surface area contributed by atoms with Gasteiger partial charge in [0.15, 0.2) is 11.5 Å². The van der Waals surface area contributed by atoms with Crippen LogP contribution < -0.4 is 9.47 Å². The van der Waals surface area contributed by atoms with Crippen molar-refractivity contribution in [1.82, 2.24) is 0 Å². The molecule has 0 spiro atoms. The molecule has 0 radical (unpaired) electrons. The molecule has 0 N–H and O–H groups in total. The van der Waals surface area contributed by atoms with E-state index in [1.165, 1.54) is 37.4 Å². The molecule has 0 aliphatic carbocycles. The highest BCUT2D eigenvalue weighted by Crippen LogP contribution is 2.28. The smallest absolute Gasteiger partial charge is 0.343 e. The van der Waals surface area contributed by atoms with Crippen molar-refractivity contribution in [2.45, 2.75) is 6.92 Å². The number of hydrogen-bond acceptors (Lipinski definition) is 5. The molecule has 0 heterocycles. The normalized spacial score (nSPS) is 10.0. The molecule has 0 fully saturated rings. The van der Waals surface area contributed by atoms with E-state index in [2.05, 4.69) is 0 Å². The number of benzene rings is 2. The van der Waals surface area contributed by atoms with Gasteiger partial charge in [0.2, 0.25) is 0 Å². The van der Waals surface area contributed by atoms with Gasteiger partial charge in [-0.2, -0.15) is 0 Å². The summed E-state index contributed by atoms with van der Waals surface area (Å²) < 4.78 is 28.1. The Bertz CT molecular complexity index is 709. The number of carbonyl (C=O) groups is 2. The lowest BCUT2D eigenvalue weighted by molar-refractivity contribution is 0.0525. The number of esters is 2. The fourth-order valence-corrected chi connectivity index (χ4v) is 1.84. The number of carbonyl (C=O) groups excluding carboxylic acids is 2. The Morgan fingerprint density at radius 1 is 0.957 bits per heavy atom. The van der Waals surface area contributed by atoms with Crippen LogP contribution in [-0.4, -0.2) is 25.7 Å². The second kappa shape index (κ2) is 7.40. The Morgan fingerprint density at radius 2 is 1.57 bits per heavy atom. The average molecular weight is 318 g/mol. The summed E-state index contributed by atoms with van der Waals surface area (Å²) in [6.45, 7) is 1.98. The molecule has 5 nitrogen and oxygen atoms in total. The monoisotopic (exact) mass is 318 g/mol. The molecule has 0 bridgehead atoms. The van der Waals surface area contributed by atoms with Crippen molar-refractivity contribution in [2.75, 3.05) is 13.7 Å². The summed E-state index contributed by atoms with van der Waals surface area (Å²) in [6, 6.07) is 9.42. The lowest BCUT2D eigenvalue weighted by Crippen LogP contribution is -2.10. The van der Waals surface area contributed by atoms with Crippen molar-refractivity contribution >= 4 is 11.9 Å². The van der Waals surface area contributed by atoms with Crippen LogP contribution >= 0.6 is 0 Å². The molecule has 0 aromatic heterocycles. The Morgan fingerprint density at radius 3 is 2.13 bits per heavy atom. The van der Waals surface area contributed by atoms with Gasteiger partial charge in [-0.15, -0.1) is 0 Å². The summed E-state index contributed by atoms with van der Waals surface area (Å²) >= 11 is 0. The molecule has 0 atom stereocenters. The molecule has 23 heavy (non-hydrogen) atoms. The second-order valence-corrected chi connectivity index (χ2v) is 4.48. The van der Waals surface area contributed by atoms with E-state index in [4.69, 9.17) is 14.2 Å². The van der Waals surface area contributed by atoms with Crippen LogP contribution in [0.5, 0.6) is 11.5 Å². The minimum atomic E-state index is -0.648. The minimum absolute atomic E-state index is 0.105. The average Bonchev–Trinajstić information content (AvgIpc) is 2.56. The SMILES string of the molecule is CCOC(=O)c1ccc(C(=O)Oc2ccc(F)cc2OC)cc1. The zero-order chi connectivity index (χ0) is 16.8. The molecule has 2 rings (SSSR count). The fraction of sp³-hybridized carbons (Fsp3) is 0.176. The fourth-order valence-electron chi connectivity index (χ4n) is 1.84. The summed E-state index contributed by atoms with van der Waals surface area (Å²) in [5, 5.41) is 0. The van der Waals surface area contributed by atoms with Gasteiger partial charge < -0.3 is 14.2 Å². The minimum Gasteiger partial charge on any atom is -0.493 e. The van der Waals surface area contributed by atoms with E-state index < -0.39 is 17.8 Å². The molecule has 0 unspecified atom stereocenters. The highest BCUT2D eigenvalue weighted by Gasteiger charge is 2.14. The first-order valence-corrected chi connectivity index (χ1v) is 6.88. The predicted molar refractivity (Wildman–Crippen MR) is 80.3 cm³/mol. The van der Waals surface area contributed by atoms with E-state index in [1.54, 1.807) is 6.92 Å². The maximum absolute atomic E-state index is 13.1. The maximum atomic E-state index is 13.1. The number of methoxy groups -OCH3 is 1. The van der Waals surface area contributed by atoms with Crippen molar-refractivity contribution in [3.8, 4) is 11.5 Å². The van der Waals surface area contributed by atoms with Crippen LogP contribution in [0, 0.1) is 5.82 Å². The maximum Gasteiger partial charge on any atom is 0.343 e. The summed E-state index contributed by atoms with van der Waals surface area (Å²) in [5.41, 5.74) is 0.576. The van der Waals surface area contributed by atoms with Crippen LogP contribution in [0.15, 0.2) is 42.5 Å². The zero-order valence-corrected chi connectivity index (χ0v) is 12.7. The predicted octanol–water partition coefficient (Wildman–Crippen LogP) is 3.23. The van der Waals surface area contributed by atoms with Crippen LogP contribution in [0.1, 0.15) is 27.6 Å². The van der Waals surface area contributed by atoms with Gasteiger partial charge in [-0.25, -0.2) is 14.0 Å². The first-order chi connectivity index (χ1) is 11.0. The highest BCUT2D eigenvalue weighted by atomic mass is 19.1. The van der Waals surface area contributed by atoms with E-state index >= 15 is 0 Å². The van der Waals surface area contributed by atoms with E-state index in [-0.39, 0.29) is 23.7 Å².